The van der Waals surface area contributed by atoms with E-state index in [0.717, 1.165) is 0 Å². The fourth-order valence-electron chi connectivity index (χ4n) is 1.16. The summed E-state index contributed by atoms with van der Waals surface area (Å²) in [7, 11) is 0. The van der Waals surface area contributed by atoms with Gasteiger partial charge in [-0.15, -0.1) is 0 Å². The Kier molecular flexibility index (Phi) is 3.65. The number of nitrogen functional groups attached to an aromatic ring is 1. The summed E-state index contributed by atoms with van der Waals surface area (Å²) >= 11 is 0. The van der Waals surface area contributed by atoms with Crippen LogP contribution >= 0.6 is 0 Å². The standard InChI is InChI=1S/C11H14NO2/c1-2-3-10(13)11(14)8-4-6-9(12)7-5-8/h4-7,10,13H,1-3,12H2. The van der Waals surface area contributed by atoms with Crippen LogP contribution in [-0.4, -0.2) is 17.0 Å². The second kappa shape index (κ2) is 4.77. The van der Waals surface area contributed by atoms with Gasteiger partial charge in [-0.05, 0) is 30.7 Å². The zero-order valence-corrected chi connectivity index (χ0v) is 7.94. The first kappa shape index (κ1) is 10.7. The number of ketones is 1. The number of hydrogen-bond acceptors (Lipinski definition) is 3. The molecular weight excluding hydrogens is 178 g/mol. The second-order valence-electron chi connectivity index (χ2n) is 3.14. The number of carbonyl (C=O) groups excluding carboxylic acids is 1. The van der Waals surface area contributed by atoms with E-state index < -0.39 is 6.10 Å². The number of rotatable bonds is 4. The molecule has 0 spiro atoms. The first-order chi connectivity index (χ1) is 6.65. The van der Waals surface area contributed by atoms with Crippen molar-refractivity contribution in [1.29, 1.82) is 0 Å². The van der Waals surface area contributed by atoms with Crippen LogP contribution in [0.3, 0.4) is 0 Å². The highest BCUT2D eigenvalue weighted by atomic mass is 16.3. The lowest BCUT2D eigenvalue weighted by atomic mass is 10.0. The largest absolute Gasteiger partial charge is 0.399 e. The molecule has 0 bridgehead atoms. The minimum atomic E-state index is -0.948. The molecule has 1 aromatic carbocycles. The van der Waals surface area contributed by atoms with Crippen LogP contribution in [0.4, 0.5) is 5.69 Å². The van der Waals surface area contributed by atoms with E-state index in [1.54, 1.807) is 24.3 Å². The smallest absolute Gasteiger partial charge is 0.191 e. The van der Waals surface area contributed by atoms with Crippen molar-refractivity contribution < 1.29 is 9.90 Å². The van der Waals surface area contributed by atoms with E-state index in [2.05, 4.69) is 6.92 Å². The molecule has 0 saturated carbocycles. The maximum Gasteiger partial charge on any atom is 0.191 e. The second-order valence-corrected chi connectivity index (χ2v) is 3.14. The number of nitrogens with two attached hydrogens (primary N) is 1. The van der Waals surface area contributed by atoms with Crippen LogP contribution in [0.15, 0.2) is 24.3 Å². The third kappa shape index (κ3) is 2.57. The molecule has 1 unspecified atom stereocenters. The van der Waals surface area contributed by atoms with Crippen molar-refractivity contribution in [2.75, 3.05) is 5.73 Å². The van der Waals surface area contributed by atoms with Gasteiger partial charge in [-0.25, -0.2) is 0 Å². The Morgan fingerprint density at radius 3 is 2.50 bits per heavy atom. The molecule has 1 rings (SSSR count). The summed E-state index contributed by atoms with van der Waals surface area (Å²) in [5, 5.41) is 9.42. The van der Waals surface area contributed by atoms with Crippen molar-refractivity contribution in [3.05, 3.63) is 36.8 Å². The summed E-state index contributed by atoms with van der Waals surface area (Å²) in [4.78, 5) is 11.5. The lowest BCUT2D eigenvalue weighted by Crippen LogP contribution is -2.19. The number of carbonyl (C=O) groups is 1. The number of anilines is 1. The van der Waals surface area contributed by atoms with Crippen molar-refractivity contribution in [2.45, 2.75) is 18.9 Å². The number of hydrogen-bond donors (Lipinski definition) is 2. The lowest BCUT2D eigenvalue weighted by Gasteiger charge is -2.07. The first-order valence-corrected chi connectivity index (χ1v) is 4.52. The highest BCUT2D eigenvalue weighted by Crippen LogP contribution is 2.10. The van der Waals surface area contributed by atoms with Crippen LogP contribution in [0.5, 0.6) is 0 Å². The van der Waals surface area contributed by atoms with Crippen molar-refractivity contribution >= 4 is 11.5 Å². The zero-order chi connectivity index (χ0) is 10.6. The summed E-state index contributed by atoms with van der Waals surface area (Å²) in [6.45, 7) is 3.58. The number of benzene rings is 1. The summed E-state index contributed by atoms with van der Waals surface area (Å²) in [6, 6.07) is 6.52. The van der Waals surface area contributed by atoms with Gasteiger partial charge in [-0.3, -0.25) is 4.79 Å². The molecule has 0 saturated heterocycles. The van der Waals surface area contributed by atoms with Crippen molar-refractivity contribution in [3.63, 3.8) is 0 Å². The summed E-state index contributed by atoms with van der Waals surface area (Å²) in [6.07, 6.45) is -0.0124. The van der Waals surface area contributed by atoms with Gasteiger partial charge in [0.15, 0.2) is 5.78 Å². The normalized spacial score (nSPS) is 12.4. The Balaban J connectivity index is 2.74. The van der Waals surface area contributed by atoms with Crippen LogP contribution in [0.2, 0.25) is 0 Å². The zero-order valence-electron chi connectivity index (χ0n) is 7.94. The van der Waals surface area contributed by atoms with Crippen molar-refractivity contribution in [1.82, 2.24) is 0 Å². The molecule has 75 valence electrons. The number of Topliss-reactive ketones (excluding diaryl/α,β-unsaturated/α-hetero) is 1. The maximum atomic E-state index is 11.5. The van der Waals surface area contributed by atoms with E-state index in [-0.39, 0.29) is 5.78 Å². The molecule has 0 aromatic heterocycles. The van der Waals surface area contributed by atoms with Gasteiger partial charge in [0.05, 0.1) is 0 Å². The van der Waals surface area contributed by atoms with Gasteiger partial charge in [0.2, 0.25) is 0 Å². The molecule has 0 heterocycles. The Morgan fingerprint density at radius 1 is 1.43 bits per heavy atom. The Bertz CT molecular complexity index is 306. The predicted molar refractivity (Wildman–Crippen MR) is 55.8 cm³/mol. The average Bonchev–Trinajstić information content (AvgIpc) is 2.18. The number of aliphatic hydroxyl groups is 1. The quantitative estimate of drug-likeness (QED) is 0.560. The van der Waals surface area contributed by atoms with Gasteiger partial charge < -0.3 is 10.8 Å². The van der Waals surface area contributed by atoms with Crippen molar-refractivity contribution in [2.24, 2.45) is 0 Å². The molecule has 3 N–H and O–H groups in total. The van der Waals surface area contributed by atoms with Crippen LogP contribution < -0.4 is 5.73 Å². The molecule has 0 aliphatic heterocycles. The SMILES string of the molecule is [CH2]CCC(O)C(=O)c1ccc(N)cc1. The van der Waals surface area contributed by atoms with Crippen molar-refractivity contribution in [3.8, 4) is 0 Å². The van der Waals surface area contributed by atoms with E-state index in [1.807, 2.05) is 0 Å². The average molecular weight is 192 g/mol. The van der Waals surface area contributed by atoms with Gasteiger partial charge in [-0.1, -0.05) is 13.3 Å². The van der Waals surface area contributed by atoms with E-state index >= 15 is 0 Å². The van der Waals surface area contributed by atoms with E-state index in [9.17, 15) is 9.90 Å². The molecule has 0 amide bonds. The fourth-order valence-corrected chi connectivity index (χ4v) is 1.16. The van der Waals surface area contributed by atoms with Crippen LogP contribution in [0.25, 0.3) is 0 Å². The summed E-state index contributed by atoms with van der Waals surface area (Å²) in [5.41, 5.74) is 6.57. The number of aliphatic hydroxyl groups excluding tert-OH is 1. The maximum absolute atomic E-state index is 11.5. The van der Waals surface area contributed by atoms with E-state index in [4.69, 9.17) is 5.73 Å². The Morgan fingerprint density at radius 2 is 2.00 bits per heavy atom. The molecule has 0 aliphatic carbocycles. The third-order valence-electron chi connectivity index (χ3n) is 1.98. The summed E-state index contributed by atoms with van der Waals surface area (Å²) in [5.74, 6) is -0.270. The molecular formula is C11H14NO2. The monoisotopic (exact) mass is 192 g/mol. The minimum Gasteiger partial charge on any atom is -0.399 e. The molecule has 3 nitrogen and oxygen atoms in total. The van der Waals surface area contributed by atoms with Gasteiger partial charge in [0.1, 0.15) is 6.10 Å². The molecule has 3 heteroatoms. The highest BCUT2D eigenvalue weighted by molar-refractivity contribution is 5.99. The molecule has 0 fully saturated rings. The van der Waals surface area contributed by atoms with Gasteiger partial charge in [0.25, 0.3) is 0 Å². The fraction of sp³-hybridized carbons (Fsp3) is 0.273. The van der Waals surface area contributed by atoms with Gasteiger partial charge in [-0.2, -0.15) is 0 Å². The highest BCUT2D eigenvalue weighted by Gasteiger charge is 2.15. The first-order valence-electron chi connectivity index (χ1n) is 4.52. The van der Waals surface area contributed by atoms with Crippen LogP contribution in [-0.2, 0) is 0 Å². The topological polar surface area (TPSA) is 63.3 Å². The molecule has 1 radical (unpaired) electrons. The Labute approximate surface area is 83.6 Å². The molecule has 14 heavy (non-hydrogen) atoms. The molecule has 1 aromatic rings. The van der Waals surface area contributed by atoms with Gasteiger partial charge >= 0.3 is 0 Å². The Hall–Kier alpha value is -1.35. The molecule has 1 atom stereocenters. The minimum absolute atomic E-state index is 0.270. The summed E-state index contributed by atoms with van der Waals surface area (Å²) < 4.78 is 0. The predicted octanol–water partition coefficient (Wildman–Crippen LogP) is 1.43. The van der Waals surface area contributed by atoms with E-state index in [1.165, 1.54) is 0 Å². The van der Waals surface area contributed by atoms with Crippen LogP contribution in [0, 0.1) is 6.92 Å². The molecule has 0 aliphatic rings. The van der Waals surface area contributed by atoms with E-state index in [0.29, 0.717) is 24.1 Å². The van der Waals surface area contributed by atoms with Crippen LogP contribution in [0.1, 0.15) is 23.2 Å². The third-order valence-corrected chi connectivity index (χ3v) is 1.98. The van der Waals surface area contributed by atoms with Gasteiger partial charge in [0, 0.05) is 11.3 Å². The lowest BCUT2D eigenvalue weighted by molar-refractivity contribution is 0.0732.